The van der Waals surface area contributed by atoms with Crippen molar-refractivity contribution in [3.05, 3.63) is 29.8 Å². The number of aryl methyl sites for hydroxylation is 1. The molecule has 0 saturated heterocycles. The van der Waals surface area contributed by atoms with E-state index in [0.717, 1.165) is 18.6 Å². The molecule has 3 rings (SSSR count). The number of amides is 1. The average Bonchev–Trinajstić information content (AvgIpc) is 3.38. The van der Waals surface area contributed by atoms with Crippen molar-refractivity contribution in [2.75, 3.05) is 20.2 Å². The largest absolute Gasteiger partial charge is 0.492 e. The molecule has 0 radical (unpaired) electrons. The first-order valence-corrected chi connectivity index (χ1v) is 7.61. The highest BCUT2D eigenvalue weighted by Gasteiger charge is 2.66. The van der Waals surface area contributed by atoms with Gasteiger partial charge in [-0.15, -0.1) is 0 Å². The molecule has 1 amide bonds. The van der Waals surface area contributed by atoms with Crippen LogP contribution in [0.3, 0.4) is 0 Å². The van der Waals surface area contributed by atoms with E-state index in [4.69, 9.17) is 4.74 Å². The summed E-state index contributed by atoms with van der Waals surface area (Å²) in [6.45, 7) is 3.37. The van der Waals surface area contributed by atoms with Crippen molar-refractivity contribution in [3.63, 3.8) is 0 Å². The van der Waals surface area contributed by atoms with Gasteiger partial charge in [-0.2, -0.15) is 0 Å². The molecule has 2 saturated carbocycles. The first-order valence-electron chi connectivity index (χ1n) is 7.61. The molecule has 2 fully saturated rings. The minimum atomic E-state index is 0.313. The van der Waals surface area contributed by atoms with Gasteiger partial charge >= 0.3 is 0 Å². The van der Waals surface area contributed by atoms with Crippen LogP contribution in [0.1, 0.15) is 31.7 Å². The standard InChI is InChI=1S/C17H23NO2/c1-3-13-5-4-6-14(11-13)20-10-9-18(2)16(19)15-12-17(15)7-8-17/h4-6,11,15H,3,7-10,12H2,1-2H3/t15-/m1/s1. The van der Waals surface area contributed by atoms with E-state index in [0.29, 0.717) is 30.4 Å². The third-order valence-electron chi connectivity index (χ3n) is 4.76. The third kappa shape index (κ3) is 2.67. The Morgan fingerprint density at radius 2 is 2.25 bits per heavy atom. The second kappa shape index (κ2) is 5.12. The van der Waals surface area contributed by atoms with Gasteiger partial charge in [0.1, 0.15) is 12.4 Å². The van der Waals surface area contributed by atoms with E-state index in [1.807, 2.05) is 24.1 Å². The maximum atomic E-state index is 12.2. The number of ether oxygens (including phenoxy) is 1. The van der Waals surface area contributed by atoms with Gasteiger partial charge < -0.3 is 9.64 Å². The first kappa shape index (κ1) is 13.5. The number of nitrogens with zero attached hydrogens (tertiary/aromatic N) is 1. The molecule has 0 unspecified atom stereocenters. The monoisotopic (exact) mass is 273 g/mol. The summed E-state index contributed by atoms with van der Waals surface area (Å²) in [5.41, 5.74) is 1.72. The van der Waals surface area contributed by atoms with Crippen molar-refractivity contribution in [1.82, 2.24) is 4.90 Å². The molecule has 2 aliphatic rings. The molecule has 3 nitrogen and oxygen atoms in total. The van der Waals surface area contributed by atoms with Crippen molar-refractivity contribution in [2.45, 2.75) is 32.6 Å². The Morgan fingerprint density at radius 3 is 2.90 bits per heavy atom. The van der Waals surface area contributed by atoms with Gasteiger partial charge in [-0.3, -0.25) is 4.79 Å². The minimum Gasteiger partial charge on any atom is -0.492 e. The molecular weight excluding hydrogens is 250 g/mol. The van der Waals surface area contributed by atoms with Crippen LogP contribution in [-0.2, 0) is 11.2 Å². The summed E-state index contributed by atoms with van der Waals surface area (Å²) < 4.78 is 5.74. The van der Waals surface area contributed by atoms with Gasteiger partial charge in [0.2, 0.25) is 5.91 Å². The fourth-order valence-corrected chi connectivity index (χ4v) is 2.94. The molecule has 108 valence electrons. The molecule has 1 spiro atoms. The van der Waals surface area contributed by atoms with E-state index in [-0.39, 0.29) is 0 Å². The molecule has 0 heterocycles. The van der Waals surface area contributed by atoms with Gasteiger partial charge in [0.25, 0.3) is 0 Å². The number of carbonyl (C=O) groups excluding carboxylic acids is 1. The highest BCUT2D eigenvalue weighted by atomic mass is 16.5. The zero-order chi connectivity index (χ0) is 14.2. The normalized spacial score (nSPS) is 21.6. The lowest BCUT2D eigenvalue weighted by Crippen LogP contribution is -2.32. The summed E-state index contributed by atoms with van der Waals surface area (Å²) in [6, 6.07) is 8.16. The minimum absolute atomic E-state index is 0.313. The molecular formula is C17H23NO2. The van der Waals surface area contributed by atoms with Crippen LogP contribution >= 0.6 is 0 Å². The molecule has 1 atom stereocenters. The number of hydrogen-bond donors (Lipinski definition) is 0. The molecule has 1 aromatic rings. The van der Waals surface area contributed by atoms with E-state index in [1.54, 1.807) is 0 Å². The van der Waals surface area contributed by atoms with Crippen LogP contribution in [-0.4, -0.2) is 31.0 Å². The second-order valence-electron chi connectivity index (χ2n) is 6.23. The van der Waals surface area contributed by atoms with Crippen LogP contribution in [0.15, 0.2) is 24.3 Å². The predicted octanol–water partition coefficient (Wildman–Crippen LogP) is 2.89. The van der Waals surface area contributed by atoms with Crippen molar-refractivity contribution >= 4 is 5.91 Å². The van der Waals surface area contributed by atoms with Gasteiger partial charge in [0, 0.05) is 13.0 Å². The zero-order valence-corrected chi connectivity index (χ0v) is 12.4. The second-order valence-corrected chi connectivity index (χ2v) is 6.23. The van der Waals surface area contributed by atoms with Crippen LogP contribution in [0.25, 0.3) is 0 Å². The van der Waals surface area contributed by atoms with E-state index in [9.17, 15) is 4.79 Å². The highest BCUT2D eigenvalue weighted by Crippen LogP contribution is 2.70. The molecule has 0 bridgehead atoms. The maximum absolute atomic E-state index is 12.2. The van der Waals surface area contributed by atoms with E-state index < -0.39 is 0 Å². The molecule has 0 N–H and O–H groups in total. The zero-order valence-electron chi connectivity index (χ0n) is 12.4. The van der Waals surface area contributed by atoms with Crippen LogP contribution in [0.5, 0.6) is 5.75 Å². The van der Waals surface area contributed by atoms with Gasteiger partial charge in [-0.25, -0.2) is 0 Å². The van der Waals surface area contributed by atoms with Gasteiger partial charge in [0.15, 0.2) is 0 Å². The summed E-state index contributed by atoms with van der Waals surface area (Å²) in [7, 11) is 1.89. The third-order valence-corrected chi connectivity index (χ3v) is 4.76. The highest BCUT2D eigenvalue weighted by molar-refractivity contribution is 5.83. The smallest absolute Gasteiger partial charge is 0.226 e. The Kier molecular flexibility index (Phi) is 3.45. The van der Waals surface area contributed by atoms with Crippen molar-refractivity contribution in [3.8, 4) is 5.75 Å². The van der Waals surface area contributed by atoms with Gasteiger partial charge in [-0.1, -0.05) is 19.1 Å². The van der Waals surface area contributed by atoms with Gasteiger partial charge in [-0.05, 0) is 48.8 Å². The van der Waals surface area contributed by atoms with E-state index in [2.05, 4.69) is 19.1 Å². The summed E-state index contributed by atoms with van der Waals surface area (Å²) >= 11 is 0. The lowest BCUT2D eigenvalue weighted by molar-refractivity contribution is -0.132. The molecule has 0 aromatic heterocycles. The summed E-state index contributed by atoms with van der Waals surface area (Å²) in [5, 5.41) is 0. The first-order chi connectivity index (χ1) is 9.64. The number of hydrogen-bond acceptors (Lipinski definition) is 2. The molecule has 3 heteroatoms. The van der Waals surface area contributed by atoms with Crippen LogP contribution in [0.4, 0.5) is 0 Å². The van der Waals surface area contributed by atoms with Crippen LogP contribution in [0.2, 0.25) is 0 Å². The van der Waals surface area contributed by atoms with E-state index >= 15 is 0 Å². The quantitative estimate of drug-likeness (QED) is 0.797. The molecule has 2 aliphatic carbocycles. The Bertz CT molecular complexity index is 507. The lowest BCUT2D eigenvalue weighted by atomic mass is 10.2. The summed E-state index contributed by atoms with van der Waals surface area (Å²) in [6.07, 6.45) is 4.66. The molecule has 20 heavy (non-hydrogen) atoms. The van der Waals surface area contributed by atoms with Gasteiger partial charge in [0.05, 0.1) is 6.54 Å². The Balaban J connectivity index is 1.43. The van der Waals surface area contributed by atoms with E-state index in [1.165, 1.54) is 18.4 Å². The lowest BCUT2D eigenvalue weighted by Gasteiger charge is -2.17. The summed E-state index contributed by atoms with van der Waals surface area (Å²) in [4.78, 5) is 14.0. The average molecular weight is 273 g/mol. The Labute approximate surface area is 120 Å². The van der Waals surface area contributed by atoms with Crippen molar-refractivity contribution in [1.29, 1.82) is 0 Å². The fraction of sp³-hybridized carbons (Fsp3) is 0.588. The van der Waals surface area contributed by atoms with Crippen LogP contribution < -0.4 is 4.74 Å². The molecule has 0 aliphatic heterocycles. The fourth-order valence-electron chi connectivity index (χ4n) is 2.94. The van der Waals surface area contributed by atoms with Crippen molar-refractivity contribution < 1.29 is 9.53 Å². The Morgan fingerprint density at radius 1 is 1.45 bits per heavy atom. The maximum Gasteiger partial charge on any atom is 0.226 e. The SMILES string of the molecule is CCc1cccc(OCCN(C)C(=O)[C@H]2CC23CC3)c1. The predicted molar refractivity (Wildman–Crippen MR) is 78.7 cm³/mol. The Hall–Kier alpha value is -1.51. The number of likely N-dealkylation sites (N-methyl/N-ethyl adjacent to an activating group) is 1. The van der Waals surface area contributed by atoms with Crippen molar-refractivity contribution in [2.24, 2.45) is 11.3 Å². The summed E-state index contributed by atoms with van der Waals surface area (Å²) in [5.74, 6) is 1.53. The number of benzene rings is 1. The van der Waals surface area contributed by atoms with Crippen LogP contribution in [0, 0.1) is 11.3 Å². The number of rotatable bonds is 6. The number of carbonyl (C=O) groups is 1. The topological polar surface area (TPSA) is 29.5 Å². The molecule has 1 aromatic carbocycles.